The minimum atomic E-state index is -0.909. The Morgan fingerprint density at radius 3 is 2.16 bits per heavy atom. The Bertz CT molecular complexity index is 1560. The largest absolute Gasteiger partial charge is 0.541 e. The minimum absolute atomic E-state index is 0. The summed E-state index contributed by atoms with van der Waals surface area (Å²) in [6, 6.07) is 6.73. The molecule has 2 N–H and O–H groups in total. The molecule has 3 rings (SSSR count). The third kappa shape index (κ3) is 16.4. The smallest absolute Gasteiger partial charge is 0.410 e. The summed E-state index contributed by atoms with van der Waals surface area (Å²) in [6.07, 6.45) is 13.7. The van der Waals surface area contributed by atoms with Crippen LogP contribution in [0.4, 0.5) is 4.79 Å². The van der Waals surface area contributed by atoms with Crippen LogP contribution in [0.15, 0.2) is 54.6 Å². The molecular formula is C47H74AuN4O9-2. The Morgan fingerprint density at radius 1 is 1.00 bits per heavy atom. The van der Waals surface area contributed by atoms with Gasteiger partial charge < -0.3 is 45.6 Å². The van der Waals surface area contributed by atoms with Crippen LogP contribution < -0.4 is 5.32 Å². The van der Waals surface area contributed by atoms with Gasteiger partial charge in [-0.1, -0.05) is 110 Å². The van der Waals surface area contributed by atoms with Crippen molar-refractivity contribution in [3.05, 3.63) is 66.6 Å². The van der Waals surface area contributed by atoms with Gasteiger partial charge in [0, 0.05) is 57.2 Å². The van der Waals surface area contributed by atoms with Gasteiger partial charge in [0.15, 0.2) is 0 Å². The molecule has 349 valence electrons. The number of benzene rings is 1. The van der Waals surface area contributed by atoms with E-state index in [-0.39, 0.29) is 71.0 Å². The number of nitrogens with one attached hydrogen (secondary N) is 1. The molecule has 1 aliphatic heterocycles. The number of likely N-dealkylation sites (N-methyl/N-ethyl adjacent to an activating group) is 2. The van der Waals surface area contributed by atoms with E-state index < -0.39 is 53.9 Å². The summed E-state index contributed by atoms with van der Waals surface area (Å²) < 4.78 is 17.1. The number of rotatable bonds is 21. The molecule has 61 heavy (non-hydrogen) atoms. The van der Waals surface area contributed by atoms with E-state index in [2.05, 4.69) is 5.32 Å². The molecule has 9 atom stereocenters. The first-order valence-corrected chi connectivity index (χ1v) is 21.5. The maximum atomic E-state index is 14.3. The van der Waals surface area contributed by atoms with Crippen molar-refractivity contribution in [1.82, 2.24) is 20.0 Å². The number of aliphatic hydroxyl groups is 1. The van der Waals surface area contributed by atoms with E-state index in [0.717, 1.165) is 24.8 Å². The summed E-state index contributed by atoms with van der Waals surface area (Å²) in [5.41, 5.74) is 0.231. The van der Waals surface area contributed by atoms with E-state index in [0.29, 0.717) is 19.4 Å². The Labute approximate surface area is 381 Å². The number of carbonyl (C=O) groups excluding carboxylic acids is 5. The molecule has 1 saturated heterocycles. The Morgan fingerprint density at radius 2 is 1.66 bits per heavy atom. The zero-order valence-electron chi connectivity index (χ0n) is 38.6. The fraction of sp³-hybridized carbons (Fsp3) is 0.660. The number of likely N-dealkylation sites (tertiary alicyclic amines) is 1. The van der Waals surface area contributed by atoms with Gasteiger partial charge in [-0.05, 0) is 42.6 Å². The van der Waals surface area contributed by atoms with Gasteiger partial charge >= 0.3 is 6.09 Å². The van der Waals surface area contributed by atoms with E-state index in [1.54, 1.807) is 30.9 Å². The van der Waals surface area contributed by atoms with Crippen LogP contribution in [0.3, 0.4) is 0 Å². The Kier molecular flexibility index (Phi) is 25.3. The van der Waals surface area contributed by atoms with Crippen LogP contribution in [0.5, 0.6) is 0 Å². The third-order valence-corrected chi connectivity index (χ3v) is 11.8. The van der Waals surface area contributed by atoms with Crippen molar-refractivity contribution in [2.24, 2.45) is 23.7 Å². The quantitative estimate of drug-likeness (QED) is 0.107. The first-order chi connectivity index (χ1) is 28.4. The first kappa shape index (κ1) is 55.7. The predicted molar refractivity (Wildman–Crippen MR) is 234 cm³/mol. The first-order valence-electron chi connectivity index (χ1n) is 21.5. The third-order valence-electron chi connectivity index (χ3n) is 11.8. The number of allylic oxidation sites excluding steroid dienone is 2. The van der Waals surface area contributed by atoms with Crippen LogP contribution in [0.1, 0.15) is 99.5 Å². The fourth-order valence-corrected chi connectivity index (χ4v) is 8.21. The van der Waals surface area contributed by atoms with Gasteiger partial charge in [-0.2, -0.15) is 6.92 Å². The number of carbonyl (C=O) groups is 4. The molecule has 0 unspecified atom stereocenters. The predicted octanol–water partition coefficient (Wildman–Crippen LogP) is 6.30. The van der Waals surface area contributed by atoms with Gasteiger partial charge in [-0.3, -0.25) is 25.6 Å². The van der Waals surface area contributed by atoms with Crippen LogP contribution in [-0.4, -0.2) is 127 Å². The normalized spacial score (nSPS) is 20.5. The summed E-state index contributed by atoms with van der Waals surface area (Å²) in [5, 5.41) is 12.6. The molecule has 0 saturated carbocycles. The number of hydrogen-bond acceptors (Lipinski definition) is 9. The van der Waals surface area contributed by atoms with E-state index >= 15 is 0 Å². The second kappa shape index (κ2) is 27.7. The molecule has 0 aromatic heterocycles. The van der Waals surface area contributed by atoms with Crippen molar-refractivity contribution in [3.8, 4) is 0 Å². The van der Waals surface area contributed by atoms with Crippen LogP contribution in [-0.2, 0) is 62.4 Å². The molecule has 1 heterocycles. The van der Waals surface area contributed by atoms with E-state index in [4.69, 9.17) is 14.2 Å². The molecule has 13 nitrogen and oxygen atoms in total. The van der Waals surface area contributed by atoms with Gasteiger partial charge in [0.05, 0.1) is 36.3 Å². The zero-order valence-corrected chi connectivity index (χ0v) is 40.7. The summed E-state index contributed by atoms with van der Waals surface area (Å²) in [6.45, 7) is 15.7. The van der Waals surface area contributed by atoms with Crippen molar-refractivity contribution >= 4 is 30.1 Å². The fourth-order valence-electron chi connectivity index (χ4n) is 8.21. The second-order valence-electron chi connectivity index (χ2n) is 17.0. The van der Waals surface area contributed by atoms with Crippen LogP contribution >= 0.6 is 0 Å². The molecule has 0 bridgehead atoms. The van der Waals surface area contributed by atoms with E-state index in [9.17, 15) is 29.1 Å². The molecule has 1 radical (unpaired) electrons. The van der Waals surface area contributed by atoms with Crippen molar-refractivity contribution in [2.45, 2.75) is 142 Å². The van der Waals surface area contributed by atoms with Crippen molar-refractivity contribution < 1.29 is 65.7 Å². The van der Waals surface area contributed by atoms with Gasteiger partial charge in [0.1, 0.15) is 18.7 Å². The van der Waals surface area contributed by atoms with E-state index in [1.807, 2.05) is 116 Å². The molecule has 1 aromatic rings. The molecule has 4 amide bonds. The van der Waals surface area contributed by atoms with Crippen LogP contribution in [0, 0.1) is 30.1 Å². The summed E-state index contributed by atoms with van der Waals surface area (Å²) in [5.74, 6) is -2.03. The second-order valence-corrected chi connectivity index (χ2v) is 17.0. The van der Waals surface area contributed by atoms with Crippen molar-refractivity contribution in [1.29, 1.82) is 0 Å². The molecule has 0 spiro atoms. The SMILES string of the molecule is CC[C@H](C)[C@@H]([C@@H](CC(=O)N1CCC[C@H]1[C@H](OC)[C@@H](C)[C-]=O)OC)N(C)C(=O)[C@@H](NC(=O)[C@H](C(C)C)N(C)C(=O)OCc1ccccc1)C(C)C.C[CH-]C[C@]1(O)C=CC=CC1.[Au]. The van der Waals surface area contributed by atoms with Crippen LogP contribution in [0.25, 0.3) is 0 Å². The monoisotopic (exact) mass is 1040 g/mol. The average Bonchev–Trinajstić information content (AvgIpc) is 3.71. The number of nitrogens with zero attached hydrogens (tertiary/aromatic N) is 3. The summed E-state index contributed by atoms with van der Waals surface area (Å²) >= 11 is 0. The van der Waals surface area contributed by atoms with Gasteiger partial charge in [0.25, 0.3) is 0 Å². The Hall–Kier alpha value is -3.33. The molecule has 2 aliphatic rings. The average molecular weight is 1040 g/mol. The van der Waals surface area contributed by atoms with Gasteiger partial charge in [-0.25, -0.2) is 4.79 Å². The minimum Gasteiger partial charge on any atom is -0.541 e. The number of hydrogen-bond donors (Lipinski definition) is 2. The van der Waals surface area contributed by atoms with Crippen molar-refractivity contribution in [2.75, 3.05) is 34.9 Å². The maximum absolute atomic E-state index is 14.3. The molecular weight excluding hydrogens is 962 g/mol. The number of amides is 4. The molecule has 1 aromatic carbocycles. The zero-order chi connectivity index (χ0) is 45.2. The molecule has 1 fully saturated rings. The van der Waals surface area contributed by atoms with Gasteiger partial charge in [-0.15, -0.1) is 12.3 Å². The standard InChI is InChI=1S/C38H61N4O8.C9H13O.Au/c1-12-26(6)34(30(48-10)21-31(44)42-20-16-19-29(42)35(49-11)27(7)22-43)40(8)37(46)32(24(2)3)39-36(45)33(25(4)5)41(9)38(47)50-23-28-17-14-13-15-18-28;1-2-6-9(10)7-4-3-5-8-9;/h13-15,17-18,24-27,29-30,32-35H,12,16,19-21,23H2,1-11H3,(H,39,45);2-5,7,10H,6,8H2,1H3;/q2*-1;/t26-,27-,29-,30+,32-,33-,34-,35+;9-;/m00./s1. The van der Waals surface area contributed by atoms with Crippen LogP contribution in [0.2, 0.25) is 0 Å². The van der Waals surface area contributed by atoms with E-state index in [1.165, 1.54) is 19.1 Å². The maximum Gasteiger partial charge on any atom is 0.410 e. The summed E-state index contributed by atoms with van der Waals surface area (Å²) in [4.78, 5) is 71.1. The molecule has 14 heteroatoms. The molecule has 1 aliphatic carbocycles. The Balaban J connectivity index is 0.00000147. The number of ether oxygens (including phenoxy) is 3. The van der Waals surface area contributed by atoms with Crippen molar-refractivity contribution in [3.63, 3.8) is 0 Å². The topological polar surface area (TPSA) is 155 Å². The van der Waals surface area contributed by atoms with Gasteiger partial charge in [0.2, 0.25) is 17.7 Å². The summed E-state index contributed by atoms with van der Waals surface area (Å²) in [7, 11) is 6.29. The number of methoxy groups -OCH3 is 2.